The number of halogens is 4. The van der Waals surface area contributed by atoms with E-state index in [1.807, 2.05) is 0 Å². The zero-order valence-electron chi connectivity index (χ0n) is 8.31. The molecule has 0 unspecified atom stereocenters. The lowest BCUT2D eigenvalue weighted by Gasteiger charge is -2.13. The number of alkyl halides is 3. The van der Waals surface area contributed by atoms with Crippen molar-refractivity contribution in [3.63, 3.8) is 0 Å². The summed E-state index contributed by atoms with van der Waals surface area (Å²) in [6.45, 7) is 1.44. The van der Waals surface area contributed by atoms with E-state index in [1.165, 1.54) is 12.1 Å². The van der Waals surface area contributed by atoms with Crippen molar-refractivity contribution in [1.82, 2.24) is 0 Å². The number of ether oxygens (including phenoxy) is 1. The molecule has 0 aliphatic carbocycles. The number of rotatable bonds is 3. The van der Waals surface area contributed by atoms with Crippen molar-refractivity contribution in [2.45, 2.75) is 13.3 Å². The zero-order valence-corrected chi connectivity index (χ0v) is 10.5. The molecule has 0 spiro atoms. The van der Waals surface area contributed by atoms with E-state index in [0.29, 0.717) is 15.1 Å². The standard InChI is InChI=1S/C10H9F3IO2/c1-6(5-15)7-2-3-8(14)9(4-7)16-10(11,12)13/h2-4,15H,5H2,1H3. The minimum Gasteiger partial charge on any atom is -0.405 e. The molecule has 1 radical (unpaired) electrons. The highest BCUT2D eigenvalue weighted by molar-refractivity contribution is 14.1. The Labute approximate surface area is 105 Å². The lowest BCUT2D eigenvalue weighted by atomic mass is 10.0. The van der Waals surface area contributed by atoms with Crippen molar-refractivity contribution in [2.75, 3.05) is 6.61 Å². The van der Waals surface area contributed by atoms with Gasteiger partial charge in [-0.2, -0.15) is 0 Å². The monoisotopic (exact) mass is 345 g/mol. The van der Waals surface area contributed by atoms with Gasteiger partial charge < -0.3 is 9.84 Å². The largest absolute Gasteiger partial charge is 0.573 e. The minimum atomic E-state index is -4.70. The second-order valence-corrected chi connectivity index (χ2v) is 4.29. The van der Waals surface area contributed by atoms with Crippen LogP contribution in [0.3, 0.4) is 0 Å². The summed E-state index contributed by atoms with van der Waals surface area (Å²) in [4.78, 5) is 0. The highest BCUT2D eigenvalue weighted by atomic mass is 127. The Morgan fingerprint density at radius 2 is 2.06 bits per heavy atom. The zero-order chi connectivity index (χ0) is 12.3. The van der Waals surface area contributed by atoms with Gasteiger partial charge in [-0.25, -0.2) is 0 Å². The SMILES string of the molecule is C[C](CO)c1ccc(I)c(OC(F)(F)F)c1. The van der Waals surface area contributed by atoms with Crippen LogP contribution in [0.5, 0.6) is 5.75 Å². The van der Waals surface area contributed by atoms with Crippen LogP contribution in [0.1, 0.15) is 12.5 Å². The van der Waals surface area contributed by atoms with E-state index in [2.05, 4.69) is 4.74 Å². The maximum Gasteiger partial charge on any atom is 0.573 e. The third-order valence-electron chi connectivity index (χ3n) is 1.89. The fourth-order valence-electron chi connectivity index (χ4n) is 1.06. The number of hydrogen-bond donors (Lipinski definition) is 1. The van der Waals surface area contributed by atoms with E-state index in [4.69, 9.17) is 5.11 Å². The molecule has 0 atom stereocenters. The van der Waals surface area contributed by atoms with Gasteiger partial charge in [-0.1, -0.05) is 13.0 Å². The molecule has 0 aromatic heterocycles. The topological polar surface area (TPSA) is 29.5 Å². The summed E-state index contributed by atoms with van der Waals surface area (Å²) in [6.07, 6.45) is -4.70. The normalized spacial score (nSPS) is 11.9. The van der Waals surface area contributed by atoms with Crippen LogP contribution in [-0.4, -0.2) is 18.1 Å². The average molecular weight is 345 g/mol. The molecule has 0 aliphatic heterocycles. The predicted molar refractivity (Wildman–Crippen MR) is 60.9 cm³/mol. The summed E-state index contributed by atoms with van der Waals surface area (Å²) in [5.74, 6) is 0.335. The van der Waals surface area contributed by atoms with Crippen molar-refractivity contribution in [1.29, 1.82) is 0 Å². The second-order valence-electron chi connectivity index (χ2n) is 3.13. The first kappa shape index (κ1) is 13.6. The summed E-state index contributed by atoms with van der Waals surface area (Å²) >= 11 is 1.76. The maximum atomic E-state index is 12.1. The van der Waals surface area contributed by atoms with Crippen molar-refractivity contribution in [3.05, 3.63) is 33.3 Å². The Hall–Kier alpha value is -0.500. The molecule has 0 fully saturated rings. The first-order valence-electron chi connectivity index (χ1n) is 4.32. The second kappa shape index (κ2) is 5.22. The van der Waals surface area contributed by atoms with Gasteiger partial charge in [0.1, 0.15) is 5.75 Å². The average Bonchev–Trinajstić information content (AvgIpc) is 2.18. The smallest absolute Gasteiger partial charge is 0.405 e. The Kier molecular flexibility index (Phi) is 4.43. The molecule has 0 aliphatic rings. The third-order valence-corrected chi connectivity index (χ3v) is 2.78. The molecule has 0 bridgehead atoms. The lowest BCUT2D eigenvalue weighted by Crippen LogP contribution is -2.18. The van der Waals surface area contributed by atoms with Crippen LogP contribution in [0.4, 0.5) is 13.2 Å². The first-order valence-corrected chi connectivity index (χ1v) is 5.40. The number of hydrogen-bond acceptors (Lipinski definition) is 2. The Balaban J connectivity index is 2.99. The van der Waals surface area contributed by atoms with Gasteiger partial charge in [-0.3, -0.25) is 0 Å². The first-order chi connectivity index (χ1) is 7.33. The Morgan fingerprint density at radius 3 is 2.56 bits per heavy atom. The molecule has 0 saturated heterocycles. The molecule has 1 aromatic carbocycles. The molecular formula is C10H9F3IO2. The summed E-state index contributed by atoms with van der Waals surface area (Å²) in [7, 11) is 0. The van der Waals surface area contributed by atoms with Gasteiger partial charge in [0.05, 0.1) is 10.2 Å². The minimum absolute atomic E-state index is 0.202. The van der Waals surface area contributed by atoms with Crippen molar-refractivity contribution < 1.29 is 23.0 Å². The maximum absolute atomic E-state index is 12.1. The number of benzene rings is 1. The predicted octanol–water partition coefficient (Wildman–Crippen LogP) is 3.12. The van der Waals surface area contributed by atoms with Crippen molar-refractivity contribution in [2.24, 2.45) is 0 Å². The van der Waals surface area contributed by atoms with E-state index in [1.54, 1.807) is 35.6 Å². The van der Waals surface area contributed by atoms with E-state index in [0.717, 1.165) is 0 Å². The quantitative estimate of drug-likeness (QED) is 0.853. The molecule has 1 rings (SSSR count). The Bertz CT molecular complexity index is 366. The molecule has 0 amide bonds. The van der Waals surface area contributed by atoms with Gasteiger partial charge in [0.2, 0.25) is 0 Å². The molecular weight excluding hydrogens is 336 g/mol. The van der Waals surface area contributed by atoms with Crippen LogP contribution in [-0.2, 0) is 0 Å². The number of aliphatic hydroxyl groups is 1. The van der Waals surface area contributed by atoms with Gasteiger partial charge >= 0.3 is 6.36 Å². The van der Waals surface area contributed by atoms with Gasteiger partial charge in [0.15, 0.2) is 0 Å². The van der Waals surface area contributed by atoms with Gasteiger partial charge in [-0.05, 0) is 40.3 Å². The van der Waals surface area contributed by atoms with Crippen LogP contribution in [0.15, 0.2) is 18.2 Å². The molecule has 1 N–H and O–H groups in total. The van der Waals surface area contributed by atoms with E-state index < -0.39 is 6.36 Å². The van der Waals surface area contributed by atoms with Crippen LogP contribution in [0, 0.1) is 9.49 Å². The van der Waals surface area contributed by atoms with Gasteiger partial charge in [0, 0.05) is 5.92 Å². The van der Waals surface area contributed by atoms with Crippen LogP contribution < -0.4 is 4.74 Å². The molecule has 1 aromatic rings. The Morgan fingerprint density at radius 1 is 1.44 bits per heavy atom. The van der Waals surface area contributed by atoms with E-state index in [9.17, 15) is 13.2 Å². The molecule has 16 heavy (non-hydrogen) atoms. The molecule has 0 heterocycles. The van der Waals surface area contributed by atoms with Gasteiger partial charge in [0.25, 0.3) is 0 Å². The summed E-state index contributed by atoms with van der Waals surface area (Å²) in [5, 5.41) is 8.88. The van der Waals surface area contributed by atoms with Crippen LogP contribution >= 0.6 is 22.6 Å². The van der Waals surface area contributed by atoms with Crippen molar-refractivity contribution in [3.8, 4) is 5.75 Å². The highest BCUT2D eigenvalue weighted by Crippen LogP contribution is 2.30. The van der Waals surface area contributed by atoms with E-state index >= 15 is 0 Å². The summed E-state index contributed by atoms with van der Waals surface area (Å²) < 4.78 is 40.4. The van der Waals surface area contributed by atoms with Gasteiger partial charge in [-0.15, -0.1) is 13.2 Å². The molecule has 89 valence electrons. The molecule has 6 heteroatoms. The summed E-state index contributed by atoms with van der Waals surface area (Å²) in [6, 6.07) is 4.41. The van der Waals surface area contributed by atoms with E-state index in [-0.39, 0.29) is 12.4 Å². The third kappa shape index (κ3) is 3.82. The summed E-state index contributed by atoms with van der Waals surface area (Å²) in [5.41, 5.74) is 0.530. The fraction of sp³-hybridized carbons (Fsp3) is 0.300. The molecule has 2 nitrogen and oxygen atoms in total. The fourth-order valence-corrected chi connectivity index (χ4v) is 1.51. The van der Waals surface area contributed by atoms with Crippen LogP contribution in [0.2, 0.25) is 0 Å². The lowest BCUT2D eigenvalue weighted by molar-refractivity contribution is -0.274. The highest BCUT2D eigenvalue weighted by Gasteiger charge is 2.32. The number of aliphatic hydroxyl groups excluding tert-OH is 1. The van der Waals surface area contributed by atoms with Crippen LogP contribution in [0.25, 0.3) is 0 Å². The molecule has 0 saturated carbocycles. The van der Waals surface area contributed by atoms with Crippen molar-refractivity contribution >= 4 is 22.6 Å².